The summed E-state index contributed by atoms with van der Waals surface area (Å²) in [5.74, 6) is -0.670. The standard InChI is InChI=1S/C17H18FNO3S/c1-12-6-7-14(11-16(12)23(2,21)22)17(20)19-9-8-13-4-3-5-15(18)10-13/h3-7,10-11H,8-9H2,1-2H3,(H,19,20). The highest BCUT2D eigenvalue weighted by Gasteiger charge is 2.14. The van der Waals surface area contributed by atoms with Crippen molar-refractivity contribution in [1.29, 1.82) is 0 Å². The molecular weight excluding hydrogens is 317 g/mol. The van der Waals surface area contributed by atoms with Crippen LogP contribution in [-0.2, 0) is 16.3 Å². The zero-order chi connectivity index (χ0) is 17.0. The normalized spacial score (nSPS) is 11.3. The van der Waals surface area contributed by atoms with Crippen LogP contribution < -0.4 is 5.32 Å². The lowest BCUT2D eigenvalue weighted by Gasteiger charge is -2.08. The summed E-state index contributed by atoms with van der Waals surface area (Å²) in [6.45, 7) is 2.02. The number of nitrogens with one attached hydrogen (secondary N) is 1. The molecule has 4 nitrogen and oxygen atoms in total. The molecule has 0 radical (unpaired) electrons. The third-order valence-corrected chi connectivity index (χ3v) is 4.68. The third-order valence-electron chi connectivity index (χ3n) is 3.44. The van der Waals surface area contributed by atoms with Gasteiger partial charge >= 0.3 is 0 Å². The number of sulfone groups is 1. The number of hydrogen-bond donors (Lipinski definition) is 1. The molecule has 0 saturated carbocycles. The minimum absolute atomic E-state index is 0.148. The molecule has 23 heavy (non-hydrogen) atoms. The highest BCUT2D eigenvalue weighted by atomic mass is 32.2. The van der Waals surface area contributed by atoms with E-state index in [4.69, 9.17) is 0 Å². The topological polar surface area (TPSA) is 63.2 Å². The molecule has 0 bridgehead atoms. The molecule has 0 aliphatic rings. The number of hydrogen-bond acceptors (Lipinski definition) is 3. The summed E-state index contributed by atoms with van der Waals surface area (Å²) in [5, 5.41) is 2.71. The van der Waals surface area contributed by atoms with Crippen LogP contribution in [0.1, 0.15) is 21.5 Å². The Hall–Kier alpha value is -2.21. The van der Waals surface area contributed by atoms with Gasteiger partial charge in [-0.1, -0.05) is 18.2 Å². The molecule has 0 unspecified atom stereocenters. The summed E-state index contributed by atoms with van der Waals surface area (Å²) < 4.78 is 36.5. The van der Waals surface area contributed by atoms with E-state index in [1.807, 2.05) is 0 Å². The molecule has 1 N–H and O–H groups in total. The lowest BCUT2D eigenvalue weighted by atomic mass is 10.1. The minimum Gasteiger partial charge on any atom is -0.352 e. The summed E-state index contributed by atoms with van der Waals surface area (Å²) in [5.41, 5.74) is 1.67. The fraction of sp³-hybridized carbons (Fsp3) is 0.235. The maximum atomic E-state index is 13.1. The quantitative estimate of drug-likeness (QED) is 0.913. The van der Waals surface area contributed by atoms with E-state index in [1.165, 1.54) is 18.2 Å². The van der Waals surface area contributed by atoms with Gasteiger partial charge in [-0.2, -0.15) is 0 Å². The second-order valence-corrected chi connectivity index (χ2v) is 7.37. The Morgan fingerprint density at radius 1 is 1.17 bits per heavy atom. The second kappa shape index (κ2) is 6.91. The van der Waals surface area contributed by atoms with Gasteiger partial charge in [-0.25, -0.2) is 12.8 Å². The third kappa shape index (κ3) is 4.63. The smallest absolute Gasteiger partial charge is 0.251 e. The zero-order valence-corrected chi connectivity index (χ0v) is 13.8. The van der Waals surface area contributed by atoms with Crippen molar-refractivity contribution in [3.05, 3.63) is 65.0 Å². The van der Waals surface area contributed by atoms with Gasteiger partial charge in [0.25, 0.3) is 5.91 Å². The molecule has 1 amide bonds. The molecule has 0 aromatic heterocycles. The lowest BCUT2D eigenvalue weighted by Crippen LogP contribution is -2.26. The molecule has 2 aromatic carbocycles. The van der Waals surface area contributed by atoms with E-state index in [0.29, 0.717) is 18.5 Å². The summed E-state index contributed by atoms with van der Waals surface area (Å²) in [6.07, 6.45) is 1.61. The van der Waals surface area contributed by atoms with Gasteiger partial charge in [0.2, 0.25) is 0 Å². The van der Waals surface area contributed by atoms with Gasteiger partial charge in [-0.3, -0.25) is 4.79 Å². The van der Waals surface area contributed by atoms with Crippen molar-refractivity contribution in [2.75, 3.05) is 12.8 Å². The Balaban J connectivity index is 2.04. The van der Waals surface area contributed by atoms with Gasteiger partial charge in [0.15, 0.2) is 9.84 Å². The van der Waals surface area contributed by atoms with Crippen LogP contribution in [0.2, 0.25) is 0 Å². The van der Waals surface area contributed by atoms with Crippen LogP contribution >= 0.6 is 0 Å². The molecular formula is C17H18FNO3S. The number of rotatable bonds is 5. The van der Waals surface area contributed by atoms with E-state index in [2.05, 4.69) is 5.32 Å². The van der Waals surface area contributed by atoms with Crippen molar-refractivity contribution in [3.8, 4) is 0 Å². The first-order valence-corrected chi connectivity index (χ1v) is 9.00. The van der Waals surface area contributed by atoms with Crippen molar-refractivity contribution >= 4 is 15.7 Å². The van der Waals surface area contributed by atoms with Crippen molar-refractivity contribution in [2.24, 2.45) is 0 Å². The average molecular weight is 335 g/mol. The number of halogens is 1. The van der Waals surface area contributed by atoms with Gasteiger partial charge in [-0.15, -0.1) is 0 Å². The van der Waals surface area contributed by atoms with E-state index in [-0.39, 0.29) is 22.2 Å². The first kappa shape index (κ1) is 17.1. The average Bonchev–Trinajstić information content (AvgIpc) is 2.46. The van der Waals surface area contributed by atoms with Crippen LogP contribution in [0.4, 0.5) is 4.39 Å². The number of aryl methyl sites for hydroxylation is 1. The fourth-order valence-corrected chi connectivity index (χ4v) is 3.25. The highest BCUT2D eigenvalue weighted by molar-refractivity contribution is 7.90. The van der Waals surface area contributed by atoms with E-state index in [1.54, 1.807) is 31.2 Å². The molecule has 0 spiro atoms. The molecule has 2 aromatic rings. The predicted molar refractivity (Wildman–Crippen MR) is 86.7 cm³/mol. The van der Waals surface area contributed by atoms with Crippen molar-refractivity contribution < 1.29 is 17.6 Å². The second-order valence-electron chi connectivity index (χ2n) is 5.39. The van der Waals surface area contributed by atoms with Crippen LogP contribution in [-0.4, -0.2) is 27.1 Å². The Morgan fingerprint density at radius 3 is 2.57 bits per heavy atom. The van der Waals surface area contributed by atoms with Crippen LogP contribution in [0.25, 0.3) is 0 Å². The first-order valence-electron chi connectivity index (χ1n) is 7.11. The number of benzene rings is 2. The monoisotopic (exact) mass is 335 g/mol. The summed E-state index contributed by atoms with van der Waals surface area (Å²) in [4.78, 5) is 12.3. The molecule has 0 atom stereocenters. The lowest BCUT2D eigenvalue weighted by molar-refractivity contribution is 0.0954. The minimum atomic E-state index is -3.38. The predicted octanol–water partition coefficient (Wildman–Crippen LogP) is 2.51. The van der Waals surface area contributed by atoms with E-state index in [9.17, 15) is 17.6 Å². The van der Waals surface area contributed by atoms with Crippen molar-refractivity contribution in [3.63, 3.8) is 0 Å². The molecule has 2 rings (SSSR count). The van der Waals surface area contributed by atoms with Crippen LogP contribution in [0, 0.1) is 12.7 Å². The number of carbonyl (C=O) groups is 1. The van der Waals surface area contributed by atoms with E-state index >= 15 is 0 Å². The van der Waals surface area contributed by atoms with Crippen LogP contribution in [0.5, 0.6) is 0 Å². The summed E-state index contributed by atoms with van der Waals surface area (Å²) >= 11 is 0. The maximum Gasteiger partial charge on any atom is 0.251 e. The Kier molecular flexibility index (Phi) is 5.15. The van der Waals surface area contributed by atoms with E-state index in [0.717, 1.165) is 11.8 Å². The fourth-order valence-electron chi connectivity index (χ4n) is 2.26. The van der Waals surface area contributed by atoms with Crippen LogP contribution in [0.15, 0.2) is 47.4 Å². The molecule has 6 heteroatoms. The molecule has 0 heterocycles. The number of carbonyl (C=O) groups excluding carboxylic acids is 1. The Bertz CT molecular complexity index is 831. The molecule has 0 saturated heterocycles. The van der Waals surface area contributed by atoms with Crippen molar-refractivity contribution in [1.82, 2.24) is 5.32 Å². The Labute approximate surface area is 135 Å². The van der Waals surface area contributed by atoms with Gasteiger partial charge in [0.05, 0.1) is 4.90 Å². The van der Waals surface area contributed by atoms with Gasteiger partial charge in [0.1, 0.15) is 5.82 Å². The first-order chi connectivity index (χ1) is 10.8. The van der Waals surface area contributed by atoms with Gasteiger partial charge in [0, 0.05) is 18.4 Å². The highest BCUT2D eigenvalue weighted by Crippen LogP contribution is 2.17. The van der Waals surface area contributed by atoms with Crippen molar-refractivity contribution in [2.45, 2.75) is 18.2 Å². The molecule has 0 fully saturated rings. The number of amides is 1. The summed E-state index contributed by atoms with van der Waals surface area (Å²) in [7, 11) is -3.38. The largest absolute Gasteiger partial charge is 0.352 e. The Morgan fingerprint density at radius 2 is 1.91 bits per heavy atom. The maximum absolute atomic E-state index is 13.1. The van der Waals surface area contributed by atoms with E-state index < -0.39 is 9.84 Å². The molecule has 0 aliphatic heterocycles. The zero-order valence-electron chi connectivity index (χ0n) is 13.0. The molecule has 122 valence electrons. The summed E-state index contributed by atoms with van der Waals surface area (Å²) in [6, 6.07) is 10.7. The van der Waals surface area contributed by atoms with Gasteiger partial charge < -0.3 is 5.32 Å². The van der Waals surface area contributed by atoms with Gasteiger partial charge in [-0.05, 0) is 48.7 Å². The molecule has 0 aliphatic carbocycles. The van der Waals surface area contributed by atoms with Crippen LogP contribution in [0.3, 0.4) is 0 Å². The SMILES string of the molecule is Cc1ccc(C(=O)NCCc2cccc(F)c2)cc1S(C)(=O)=O.